The summed E-state index contributed by atoms with van der Waals surface area (Å²) in [5.41, 5.74) is -0.781. The van der Waals surface area contributed by atoms with E-state index in [4.69, 9.17) is 0 Å². The molecular weight excluding hydrogens is 311 g/mol. The number of hydrogen-bond donors (Lipinski definition) is 2. The number of carbonyl (C=O) groups excluding carboxylic acids is 2. The van der Waals surface area contributed by atoms with Gasteiger partial charge in [-0.25, -0.2) is 0 Å². The summed E-state index contributed by atoms with van der Waals surface area (Å²) in [5.74, 6) is -2.20. The van der Waals surface area contributed by atoms with Gasteiger partial charge in [-0.15, -0.1) is 0 Å². The van der Waals surface area contributed by atoms with Crippen LogP contribution in [0.5, 0.6) is 0 Å². The molecule has 1 aromatic carbocycles. The predicted molar refractivity (Wildman–Crippen MR) is 76.2 cm³/mol. The van der Waals surface area contributed by atoms with Crippen molar-refractivity contribution in [2.24, 2.45) is 0 Å². The first-order valence-corrected chi connectivity index (χ1v) is 6.52. The number of hydrogen-bond acceptors (Lipinski definition) is 3. The van der Waals surface area contributed by atoms with E-state index in [1.54, 1.807) is 12.1 Å². The predicted octanol–water partition coefficient (Wildman–Crippen LogP) is 2.36. The molecule has 8 heteroatoms. The second-order valence-electron chi connectivity index (χ2n) is 4.54. The van der Waals surface area contributed by atoms with Gasteiger partial charge in [-0.2, -0.15) is 13.2 Å². The molecule has 1 heterocycles. The fourth-order valence-corrected chi connectivity index (χ4v) is 1.78. The number of amides is 2. The fraction of sp³-hybridized carbons (Fsp3) is 0.133. The van der Waals surface area contributed by atoms with Gasteiger partial charge in [0.25, 0.3) is 0 Å². The van der Waals surface area contributed by atoms with E-state index in [0.29, 0.717) is 5.56 Å². The Balaban J connectivity index is 2.01. The van der Waals surface area contributed by atoms with Crippen molar-refractivity contribution in [2.75, 3.05) is 5.32 Å². The smallest absolute Gasteiger partial charge is 0.344 e. The molecule has 0 aliphatic carbocycles. The number of anilines is 1. The van der Waals surface area contributed by atoms with Gasteiger partial charge in [-0.05, 0) is 29.8 Å². The average Bonchev–Trinajstić information content (AvgIpc) is 2.53. The van der Waals surface area contributed by atoms with Crippen molar-refractivity contribution in [1.29, 1.82) is 0 Å². The van der Waals surface area contributed by atoms with E-state index < -0.39 is 29.2 Å². The molecule has 0 radical (unpaired) electrons. The van der Waals surface area contributed by atoms with Gasteiger partial charge in [0.15, 0.2) is 0 Å². The van der Waals surface area contributed by atoms with Crippen molar-refractivity contribution in [3.63, 3.8) is 0 Å². The zero-order valence-electron chi connectivity index (χ0n) is 11.7. The van der Waals surface area contributed by atoms with Crippen molar-refractivity contribution in [1.82, 2.24) is 10.3 Å². The molecule has 2 amide bonds. The molecule has 0 saturated carbocycles. The Hall–Kier alpha value is -2.90. The molecule has 0 spiro atoms. The van der Waals surface area contributed by atoms with Gasteiger partial charge in [0.2, 0.25) is 0 Å². The van der Waals surface area contributed by atoms with Crippen molar-refractivity contribution in [3.05, 3.63) is 59.9 Å². The van der Waals surface area contributed by atoms with Crippen LogP contribution in [0.3, 0.4) is 0 Å². The number of alkyl halides is 3. The lowest BCUT2D eigenvalue weighted by molar-refractivity contribution is -0.138. The van der Waals surface area contributed by atoms with Crippen LogP contribution in [-0.4, -0.2) is 16.8 Å². The van der Waals surface area contributed by atoms with Crippen LogP contribution in [0, 0.1) is 0 Å². The molecule has 120 valence electrons. The average molecular weight is 323 g/mol. The van der Waals surface area contributed by atoms with Gasteiger partial charge in [0.05, 0.1) is 11.3 Å². The third kappa shape index (κ3) is 4.53. The van der Waals surface area contributed by atoms with Crippen LogP contribution in [0.15, 0.2) is 48.8 Å². The number of benzene rings is 1. The maximum absolute atomic E-state index is 12.8. The van der Waals surface area contributed by atoms with E-state index in [1.165, 1.54) is 24.5 Å². The highest BCUT2D eigenvalue weighted by Crippen LogP contribution is 2.34. The Morgan fingerprint density at radius 1 is 1.00 bits per heavy atom. The summed E-state index contributed by atoms with van der Waals surface area (Å²) in [6, 6.07) is 7.71. The lowest BCUT2D eigenvalue weighted by Crippen LogP contribution is -2.35. The summed E-state index contributed by atoms with van der Waals surface area (Å²) in [6.07, 6.45) is -1.60. The van der Waals surface area contributed by atoms with Crippen molar-refractivity contribution in [3.8, 4) is 0 Å². The highest BCUT2D eigenvalue weighted by atomic mass is 19.4. The normalized spacial score (nSPS) is 10.9. The van der Waals surface area contributed by atoms with Crippen LogP contribution < -0.4 is 10.6 Å². The molecule has 0 bridgehead atoms. The van der Waals surface area contributed by atoms with Crippen molar-refractivity contribution < 1.29 is 22.8 Å². The highest BCUT2D eigenvalue weighted by Gasteiger charge is 2.33. The maximum Gasteiger partial charge on any atom is 0.418 e. The molecule has 2 rings (SSSR count). The maximum atomic E-state index is 12.8. The molecule has 23 heavy (non-hydrogen) atoms. The minimum absolute atomic E-state index is 0.0652. The number of rotatable bonds is 3. The number of carbonyl (C=O) groups is 2. The molecule has 1 aromatic heterocycles. The van der Waals surface area contributed by atoms with Gasteiger partial charge in [-0.1, -0.05) is 12.1 Å². The lowest BCUT2D eigenvalue weighted by Gasteiger charge is -2.13. The Labute approximate surface area is 129 Å². The first kappa shape index (κ1) is 16.5. The summed E-state index contributed by atoms with van der Waals surface area (Å²) in [6.45, 7) is 0.0652. The van der Waals surface area contributed by atoms with Crippen LogP contribution in [0.25, 0.3) is 0 Å². The first-order chi connectivity index (χ1) is 10.9. The molecule has 2 N–H and O–H groups in total. The van der Waals surface area contributed by atoms with E-state index in [1.807, 2.05) is 5.32 Å². The van der Waals surface area contributed by atoms with Gasteiger partial charge in [0, 0.05) is 18.9 Å². The number of nitrogens with zero attached hydrogens (tertiary/aromatic N) is 1. The Morgan fingerprint density at radius 2 is 1.65 bits per heavy atom. The number of pyridine rings is 1. The molecule has 0 atom stereocenters. The standard InChI is InChI=1S/C15H12F3N3O2/c16-15(17,18)11-3-1-2-4-12(11)21-14(23)13(22)20-9-10-5-7-19-8-6-10/h1-8H,9H2,(H,20,22)(H,21,23). The van der Waals surface area contributed by atoms with Crippen LogP contribution in [0.1, 0.15) is 11.1 Å². The van der Waals surface area contributed by atoms with Gasteiger partial charge >= 0.3 is 18.0 Å². The van der Waals surface area contributed by atoms with E-state index in [2.05, 4.69) is 10.3 Å². The monoisotopic (exact) mass is 323 g/mol. The Kier molecular flexibility index (Phi) is 4.95. The number of nitrogens with one attached hydrogen (secondary N) is 2. The first-order valence-electron chi connectivity index (χ1n) is 6.52. The number of halogens is 3. The second-order valence-corrected chi connectivity index (χ2v) is 4.54. The van der Waals surface area contributed by atoms with E-state index in [9.17, 15) is 22.8 Å². The third-order valence-corrected chi connectivity index (χ3v) is 2.89. The lowest BCUT2D eigenvalue weighted by atomic mass is 10.1. The van der Waals surface area contributed by atoms with Crippen LogP contribution >= 0.6 is 0 Å². The molecule has 2 aromatic rings. The summed E-state index contributed by atoms with van der Waals surface area (Å²) in [4.78, 5) is 27.2. The fourth-order valence-electron chi connectivity index (χ4n) is 1.78. The highest BCUT2D eigenvalue weighted by molar-refractivity contribution is 6.39. The van der Waals surface area contributed by atoms with Gasteiger partial charge in [-0.3, -0.25) is 14.6 Å². The Bertz CT molecular complexity index is 703. The largest absolute Gasteiger partial charge is 0.418 e. The molecule has 0 aliphatic heterocycles. The molecule has 5 nitrogen and oxygen atoms in total. The quantitative estimate of drug-likeness (QED) is 0.852. The van der Waals surface area contributed by atoms with Crippen molar-refractivity contribution >= 4 is 17.5 Å². The summed E-state index contributed by atoms with van der Waals surface area (Å²) in [5, 5.41) is 4.29. The number of aromatic nitrogens is 1. The number of para-hydroxylation sites is 1. The summed E-state index contributed by atoms with van der Waals surface area (Å²) < 4.78 is 38.4. The molecular formula is C15H12F3N3O2. The SMILES string of the molecule is O=C(NCc1ccncc1)C(=O)Nc1ccccc1C(F)(F)F. The molecule has 0 unspecified atom stereocenters. The summed E-state index contributed by atoms with van der Waals surface area (Å²) >= 11 is 0. The molecule has 0 aliphatic rings. The van der Waals surface area contributed by atoms with Crippen LogP contribution in [0.2, 0.25) is 0 Å². The third-order valence-electron chi connectivity index (χ3n) is 2.89. The summed E-state index contributed by atoms with van der Waals surface area (Å²) in [7, 11) is 0. The Morgan fingerprint density at radius 3 is 2.30 bits per heavy atom. The van der Waals surface area contributed by atoms with Crippen LogP contribution in [-0.2, 0) is 22.3 Å². The minimum atomic E-state index is -4.63. The zero-order chi connectivity index (χ0) is 16.9. The van der Waals surface area contributed by atoms with E-state index >= 15 is 0 Å². The molecule has 0 saturated heterocycles. The van der Waals surface area contributed by atoms with E-state index in [-0.39, 0.29) is 6.54 Å². The van der Waals surface area contributed by atoms with E-state index in [0.717, 1.165) is 12.1 Å². The van der Waals surface area contributed by atoms with Crippen molar-refractivity contribution in [2.45, 2.75) is 12.7 Å². The minimum Gasteiger partial charge on any atom is -0.344 e. The zero-order valence-corrected chi connectivity index (χ0v) is 11.7. The molecule has 0 fully saturated rings. The topological polar surface area (TPSA) is 71.1 Å². The van der Waals surface area contributed by atoms with Gasteiger partial charge in [0.1, 0.15) is 0 Å². The van der Waals surface area contributed by atoms with Gasteiger partial charge < -0.3 is 10.6 Å². The van der Waals surface area contributed by atoms with Crippen LogP contribution in [0.4, 0.5) is 18.9 Å². The second kappa shape index (κ2) is 6.91.